The quantitative estimate of drug-likeness (QED) is 0.809. The second-order valence-electron chi connectivity index (χ2n) is 4.78. The number of hydrogen-bond acceptors (Lipinski definition) is 2. The van der Waals surface area contributed by atoms with Crippen LogP contribution in [0.4, 0.5) is 5.69 Å². The highest BCUT2D eigenvalue weighted by Crippen LogP contribution is 2.26. The lowest BCUT2D eigenvalue weighted by molar-refractivity contribution is -0.118. The fourth-order valence-corrected chi connectivity index (χ4v) is 2.42. The summed E-state index contributed by atoms with van der Waals surface area (Å²) in [7, 11) is 0. The van der Waals surface area contributed by atoms with Gasteiger partial charge in [0, 0.05) is 25.2 Å². The molecule has 0 radical (unpaired) electrons. The Labute approximate surface area is 109 Å². The summed E-state index contributed by atoms with van der Waals surface area (Å²) in [5.41, 5.74) is 2.41. The van der Waals surface area contributed by atoms with Crippen molar-refractivity contribution in [1.82, 2.24) is 5.32 Å². The summed E-state index contributed by atoms with van der Waals surface area (Å²) in [5.74, 6) is 0.262. The molecule has 1 aliphatic heterocycles. The predicted octanol–water partition coefficient (Wildman–Crippen LogP) is 2.36. The van der Waals surface area contributed by atoms with Gasteiger partial charge in [-0.3, -0.25) is 4.79 Å². The van der Waals surface area contributed by atoms with E-state index in [1.54, 1.807) is 0 Å². The predicted molar refractivity (Wildman–Crippen MR) is 74.9 cm³/mol. The number of hydrogen-bond donors (Lipinski definition) is 1. The SMILES string of the molecule is CCCNCCN1C(=O)CCCc2ccccc21. The minimum Gasteiger partial charge on any atom is -0.315 e. The molecule has 1 aromatic rings. The summed E-state index contributed by atoms with van der Waals surface area (Å²) in [6.45, 7) is 4.81. The lowest BCUT2D eigenvalue weighted by atomic mass is 10.1. The van der Waals surface area contributed by atoms with E-state index in [4.69, 9.17) is 0 Å². The van der Waals surface area contributed by atoms with E-state index in [2.05, 4.69) is 30.4 Å². The van der Waals surface area contributed by atoms with Gasteiger partial charge in [-0.2, -0.15) is 0 Å². The number of aryl methyl sites for hydroxylation is 1. The molecule has 2 rings (SSSR count). The summed E-state index contributed by atoms with van der Waals surface area (Å²) in [6, 6.07) is 8.28. The van der Waals surface area contributed by atoms with Crippen LogP contribution in [-0.4, -0.2) is 25.5 Å². The highest BCUT2D eigenvalue weighted by molar-refractivity contribution is 5.94. The molecule has 0 aliphatic carbocycles. The smallest absolute Gasteiger partial charge is 0.227 e. The molecule has 1 N–H and O–H groups in total. The Balaban J connectivity index is 2.08. The van der Waals surface area contributed by atoms with Gasteiger partial charge >= 0.3 is 0 Å². The molecule has 1 aromatic carbocycles. The van der Waals surface area contributed by atoms with Crippen LogP contribution in [0.1, 0.15) is 31.7 Å². The van der Waals surface area contributed by atoms with Crippen LogP contribution in [-0.2, 0) is 11.2 Å². The number of amides is 1. The zero-order chi connectivity index (χ0) is 12.8. The van der Waals surface area contributed by atoms with Crippen molar-refractivity contribution < 1.29 is 4.79 Å². The highest BCUT2D eigenvalue weighted by atomic mass is 16.2. The van der Waals surface area contributed by atoms with Crippen LogP contribution in [0.15, 0.2) is 24.3 Å². The number of nitrogens with zero attached hydrogens (tertiary/aromatic N) is 1. The van der Waals surface area contributed by atoms with Gasteiger partial charge in [-0.25, -0.2) is 0 Å². The van der Waals surface area contributed by atoms with Crippen LogP contribution in [0.3, 0.4) is 0 Å². The minimum atomic E-state index is 0.262. The van der Waals surface area contributed by atoms with Crippen molar-refractivity contribution in [3.63, 3.8) is 0 Å². The fourth-order valence-electron chi connectivity index (χ4n) is 2.42. The van der Waals surface area contributed by atoms with Crippen LogP contribution in [0.2, 0.25) is 0 Å². The Hall–Kier alpha value is -1.35. The van der Waals surface area contributed by atoms with Crippen LogP contribution >= 0.6 is 0 Å². The number of benzene rings is 1. The third kappa shape index (κ3) is 3.10. The maximum Gasteiger partial charge on any atom is 0.227 e. The molecular formula is C15H22N2O. The summed E-state index contributed by atoms with van der Waals surface area (Å²) in [4.78, 5) is 14.1. The van der Waals surface area contributed by atoms with E-state index < -0.39 is 0 Å². The number of carbonyl (C=O) groups is 1. The van der Waals surface area contributed by atoms with Crippen molar-refractivity contribution in [3.8, 4) is 0 Å². The van der Waals surface area contributed by atoms with E-state index in [-0.39, 0.29) is 5.91 Å². The minimum absolute atomic E-state index is 0.262. The van der Waals surface area contributed by atoms with Gasteiger partial charge in [-0.05, 0) is 37.4 Å². The first-order chi connectivity index (χ1) is 8.83. The Morgan fingerprint density at radius 3 is 2.89 bits per heavy atom. The normalized spacial score (nSPS) is 15.4. The molecule has 0 saturated carbocycles. The molecule has 3 nitrogen and oxygen atoms in total. The molecule has 1 heterocycles. The molecule has 3 heteroatoms. The van der Waals surface area contributed by atoms with Crippen molar-refractivity contribution in [2.24, 2.45) is 0 Å². The zero-order valence-electron chi connectivity index (χ0n) is 11.1. The first-order valence-electron chi connectivity index (χ1n) is 6.92. The second-order valence-corrected chi connectivity index (χ2v) is 4.78. The number of rotatable bonds is 5. The molecule has 0 atom stereocenters. The third-order valence-corrected chi connectivity index (χ3v) is 3.36. The highest BCUT2D eigenvalue weighted by Gasteiger charge is 2.20. The standard InChI is InChI=1S/C15H22N2O/c1-2-10-16-11-12-17-14-8-4-3-6-13(14)7-5-9-15(17)18/h3-4,6,8,16H,2,5,7,9-12H2,1H3. The molecule has 1 amide bonds. The van der Waals surface area contributed by atoms with Gasteiger partial charge in [0.25, 0.3) is 0 Å². The number of carbonyl (C=O) groups excluding carboxylic acids is 1. The van der Waals surface area contributed by atoms with Crippen molar-refractivity contribution in [3.05, 3.63) is 29.8 Å². The van der Waals surface area contributed by atoms with E-state index in [9.17, 15) is 4.79 Å². The van der Waals surface area contributed by atoms with Gasteiger partial charge in [0.1, 0.15) is 0 Å². The van der Waals surface area contributed by atoms with Gasteiger partial charge in [0.05, 0.1) is 0 Å². The summed E-state index contributed by atoms with van der Waals surface area (Å²) in [5, 5.41) is 3.36. The number of fused-ring (bicyclic) bond motifs is 1. The molecular weight excluding hydrogens is 224 g/mol. The van der Waals surface area contributed by atoms with E-state index >= 15 is 0 Å². The van der Waals surface area contributed by atoms with E-state index in [0.717, 1.165) is 44.6 Å². The van der Waals surface area contributed by atoms with Gasteiger partial charge in [-0.15, -0.1) is 0 Å². The van der Waals surface area contributed by atoms with Crippen molar-refractivity contribution in [1.29, 1.82) is 0 Å². The second kappa shape index (κ2) is 6.55. The van der Waals surface area contributed by atoms with Crippen molar-refractivity contribution >= 4 is 11.6 Å². The number of anilines is 1. The van der Waals surface area contributed by atoms with Crippen LogP contribution < -0.4 is 10.2 Å². The van der Waals surface area contributed by atoms with Gasteiger partial charge in [0.15, 0.2) is 0 Å². The zero-order valence-corrected chi connectivity index (χ0v) is 11.1. The number of para-hydroxylation sites is 1. The number of nitrogens with one attached hydrogen (secondary N) is 1. The summed E-state index contributed by atoms with van der Waals surface area (Å²) < 4.78 is 0. The molecule has 0 unspecified atom stereocenters. The molecule has 98 valence electrons. The van der Waals surface area contributed by atoms with Crippen LogP contribution in [0, 0.1) is 0 Å². The third-order valence-electron chi connectivity index (χ3n) is 3.36. The molecule has 0 spiro atoms. The average Bonchev–Trinajstić information content (AvgIpc) is 2.54. The van der Waals surface area contributed by atoms with E-state index in [1.807, 2.05) is 11.0 Å². The van der Waals surface area contributed by atoms with Crippen molar-refractivity contribution in [2.75, 3.05) is 24.5 Å². The first kappa shape index (κ1) is 13.1. The fraction of sp³-hybridized carbons (Fsp3) is 0.533. The van der Waals surface area contributed by atoms with Crippen LogP contribution in [0.5, 0.6) is 0 Å². The first-order valence-corrected chi connectivity index (χ1v) is 6.92. The van der Waals surface area contributed by atoms with Gasteiger partial charge < -0.3 is 10.2 Å². The maximum atomic E-state index is 12.1. The van der Waals surface area contributed by atoms with Gasteiger partial charge in [0.2, 0.25) is 5.91 Å². The Morgan fingerprint density at radius 2 is 2.06 bits per heavy atom. The molecule has 0 saturated heterocycles. The molecule has 0 aromatic heterocycles. The maximum absolute atomic E-state index is 12.1. The molecule has 0 bridgehead atoms. The van der Waals surface area contributed by atoms with E-state index in [0.29, 0.717) is 6.42 Å². The largest absolute Gasteiger partial charge is 0.315 e. The van der Waals surface area contributed by atoms with E-state index in [1.165, 1.54) is 5.56 Å². The molecule has 18 heavy (non-hydrogen) atoms. The van der Waals surface area contributed by atoms with Gasteiger partial charge in [-0.1, -0.05) is 25.1 Å². The van der Waals surface area contributed by atoms with Crippen LogP contribution in [0.25, 0.3) is 0 Å². The molecule has 1 aliphatic rings. The van der Waals surface area contributed by atoms with Crippen molar-refractivity contribution in [2.45, 2.75) is 32.6 Å². The Morgan fingerprint density at radius 1 is 1.22 bits per heavy atom. The summed E-state index contributed by atoms with van der Waals surface area (Å²) >= 11 is 0. The molecule has 0 fully saturated rings. The lowest BCUT2D eigenvalue weighted by Crippen LogP contribution is -2.36. The monoisotopic (exact) mass is 246 g/mol. The average molecular weight is 246 g/mol. The Bertz CT molecular complexity index is 403. The topological polar surface area (TPSA) is 32.3 Å². The Kier molecular flexibility index (Phi) is 4.76. The lowest BCUT2D eigenvalue weighted by Gasteiger charge is -2.23. The summed E-state index contributed by atoms with van der Waals surface area (Å²) in [6.07, 6.45) is 3.78.